The maximum Gasteiger partial charge on any atom is 0.251 e. The molecule has 2 aromatic rings. The average molecular weight is 303 g/mol. The fourth-order valence-corrected chi connectivity index (χ4v) is 2.54. The standard InChI is InChI=1S/C16H21N3OS/c1-16(2,3)17-10-12-9-15(20)19-14(18-12)11-21-13-7-5-4-6-8-13/h4-9,17H,10-11H2,1-3H3,(H,18,19,20). The highest BCUT2D eigenvalue weighted by atomic mass is 32.2. The molecule has 1 aromatic heterocycles. The van der Waals surface area contributed by atoms with E-state index >= 15 is 0 Å². The second-order valence-electron chi connectivity index (χ2n) is 5.89. The second kappa shape index (κ2) is 6.91. The molecular formula is C16H21N3OS. The minimum absolute atomic E-state index is 0.00321. The van der Waals surface area contributed by atoms with Crippen LogP contribution in [0.2, 0.25) is 0 Å². The van der Waals surface area contributed by atoms with E-state index in [0.717, 1.165) is 5.69 Å². The molecule has 1 aromatic carbocycles. The SMILES string of the molecule is CC(C)(C)NCc1cc(=O)[nH]c(CSc2ccccc2)n1. The number of hydrogen-bond acceptors (Lipinski definition) is 4. The molecule has 0 bridgehead atoms. The molecule has 0 atom stereocenters. The topological polar surface area (TPSA) is 57.8 Å². The molecule has 0 amide bonds. The Kier molecular flexibility index (Phi) is 5.20. The Labute approximate surface area is 129 Å². The van der Waals surface area contributed by atoms with Crippen LogP contribution in [0.3, 0.4) is 0 Å². The molecule has 5 heteroatoms. The van der Waals surface area contributed by atoms with Gasteiger partial charge in [0.2, 0.25) is 0 Å². The molecule has 4 nitrogen and oxygen atoms in total. The summed E-state index contributed by atoms with van der Waals surface area (Å²) in [5.41, 5.74) is 0.681. The summed E-state index contributed by atoms with van der Waals surface area (Å²) in [6, 6.07) is 11.6. The van der Waals surface area contributed by atoms with Crippen LogP contribution in [0.5, 0.6) is 0 Å². The van der Waals surface area contributed by atoms with Gasteiger partial charge in [-0.3, -0.25) is 4.79 Å². The van der Waals surface area contributed by atoms with Gasteiger partial charge in [-0.15, -0.1) is 11.8 Å². The van der Waals surface area contributed by atoms with Gasteiger partial charge in [-0.25, -0.2) is 4.98 Å². The van der Waals surface area contributed by atoms with E-state index in [1.54, 1.807) is 17.8 Å². The van der Waals surface area contributed by atoms with Crippen molar-refractivity contribution in [3.8, 4) is 0 Å². The van der Waals surface area contributed by atoms with E-state index in [1.807, 2.05) is 30.3 Å². The van der Waals surface area contributed by atoms with E-state index in [2.05, 4.69) is 36.1 Å². The van der Waals surface area contributed by atoms with Crippen LogP contribution in [0.25, 0.3) is 0 Å². The van der Waals surface area contributed by atoms with E-state index in [1.165, 1.54) is 4.90 Å². The lowest BCUT2D eigenvalue weighted by Gasteiger charge is -2.20. The molecule has 0 aliphatic rings. The van der Waals surface area contributed by atoms with Crippen LogP contribution >= 0.6 is 11.8 Å². The molecule has 0 aliphatic carbocycles. The van der Waals surface area contributed by atoms with Crippen LogP contribution in [0.15, 0.2) is 46.1 Å². The van der Waals surface area contributed by atoms with E-state index in [4.69, 9.17) is 0 Å². The monoisotopic (exact) mass is 303 g/mol. The summed E-state index contributed by atoms with van der Waals surface area (Å²) in [6.45, 7) is 6.86. The van der Waals surface area contributed by atoms with Crippen molar-refractivity contribution in [1.82, 2.24) is 15.3 Å². The normalized spacial score (nSPS) is 11.6. The van der Waals surface area contributed by atoms with Crippen LogP contribution in [0.1, 0.15) is 32.3 Å². The van der Waals surface area contributed by atoms with Gasteiger partial charge in [0.05, 0.1) is 11.4 Å². The van der Waals surface area contributed by atoms with Crippen LogP contribution in [0.4, 0.5) is 0 Å². The highest BCUT2D eigenvalue weighted by Crippen LogP contribution is 2.20. The number of H-pyrrole nitrogens is 1. The molecule has 0 aliphatic heterocycles. The van der Waals surface area contributed by atoms with Gasteiger partial charge in [0.15, 0.2) is 0 Å². The fourth-order valence-electron chi connectivity index (χ4n) is 1.75. The van der Waals surface area contributed by atoms with Crippen molar-refractivity contribution in [2.75, 3.05) is 0 Å². The largest absolute Gasteiger partial charge is 0.310 e. The number of hydrogen-bond donors (Lipinski definition) is 2. The summed E-state index contributed by atoms with van der Waals surface area (Å²) in [4.78, 5) is 20.2. The predicted molar refractivity (Wildman–Crippen MR) is 87.5 cm³/mol. The third-order valence-corrected chi connectivity index (χ3v) is 3.79. The van der Waals surface area contributed by atoms with Crippen LogP contribution in [-0.4, -0.2) is 15.5 Å². The molecule has 0 unspecified atom stereocenters. The van der Waals surface area contributed by atoms with Gasteiger partial charge in [-0.2, -0.15) is 0 Å². The van der Waals surface area contributed by atoms with Gasteiger partial charge in [0.25, 0.3) is 5.56 Å². The first-order chi connectivity index (χ1) is 9.92. The third kappa shape index (κ3) is 5.73. The van der Waals surface area contributed by atoms with Crippen molar-refractivity contribution < 1.29 is 0 Å². The van der Waals surface area contributed by atoms with Crippen molar-refractivity contribution in [2.45, 2.75) is 43.5 Å². The Balaban J connectivity index is 2.03. The van der Waals surface area contributed by atoms with Gasteiger partial charge >= 0.3 is 0 Å². The molecule has 2 rings (SSSR count). The molecular weight excluding hydrogens is 282 g/mol. The molecule has 0 fully saturated rings. The van der Waals surface area contributed by atoms with E-state index in [-0.39, 0.29) is 11.1 Å². The lowest BCUT2D eigenvalue weighted by molar-refractivity contribution is 0.420. The van der Waals surface area contributed by atoms with E-state index in [9.17, 15) is 4.79 Å². The summed E-state index contributed by atoms with van der Waals surface area (Å²) in [7, 11) is 0. The average Bonchev–Trinajstić information content (AvgIpc) is 2.43. The quantitative estimate of drug-likeness (QED) is 0.834. The van der Waals surface area contributed by atoms with Gasteiger partial charge in [-0.05, 0) is 32.9 Å². The van der Waals surface area contributed by atoms with Crippen molar-refractivity contribution in [2.24, 2.45) is 0 Å². The molecule has 1 heterocycles. The first-order valence-corrected chi connectivity index (χ1v) is 7.93. The van der Waals surface area contributed by atoms with Gasteiger partial charge in [-0.1, -0.05) is 18.2 Å². The van der Waals surface area contributed by atoms with E-state index < -0.39 is 0 Å². The molecule has 0 saturated heterocycles. The van der Waals surface area contributed by atoms with Crippen LogP contribution in [-0.2, 0) is 12.3 Å². The van der Waals surface area contributed by atoms with Crippen molar-refractivity contribution in [3.63, 3.8) is 0 Å². The number of aromatic amines is 1. The maximum absolute atomic E-state index is 11.7. The number of nitrogens with zero attached hydrogens (tertiary/aromatic N) is 1. The van der Waals surface area contributed by atoms with Crippen LogP contribution < -0.4 is 10.9 Å². The smallest absolute Gasteiger partial charge is 0.251 e. The summed E-state index contributed by atoms with van der Waals surface area (Å²) in [5.74, 6) is 1.37. The van der Waals surface area contributed by atoms with Crippen LogP contribution in [0, 0.1) is 0 Å². The van der Waals surface area contributed by atoms with Gasteiger partial charge in [0.1, 0.15) is 5.82 Å². The Bertz CT molecular complexity index is 632. The Morgan fingerprint density at radius 2 is 1.95 bits per heavy atom. The van der Waals surface area contributed by atoms with Crippen molar-refractivity contribution in [1.29, 1.82) is 0 Å². The van der Waals surface area contributed by atoms with Crippen molar-refractivity contribution in [3.05, 3.63) is 58.3 Å². The fraction of sp³-hybridized carbons (Fsp3) is 0.375. The highest BCUT2D eigenvalue weighted by molar-refractivity contribution is 7.98. The van der Waals surface area contributed by atoms with E-state index in [0.29, 0.717) is 18.1 Å². The molecule has 2 N–H and O–H groups in total. The summed E-state index contributed by atoms with van der Waals surface area (Å²) in [5, 5.41) is 3.34. The minimum atomic E-state index is -0.0978. The highest BCUT2D eigenvalue weighted by Gasteiger charge is 2.10. The zero-order valence-corrected chi connectivity index (χ0v) is 13.5. The first-order valence-electron chi connectivity index (χ1n) is 6.94. The molecule has 0 saturated carbocycles. The molecule has 0 radical (unpaired) electrons. The lowest BCUT2D eigenvalue weighted by Crippen LogP contribution is -2.35. The third-order valence-electron chi connectivity index (χ3n) is 2.76. The number of nitrogens with one attached hydrogen (secondary N) is 2. The zero-order valence-electron chi connectivity index (χ0n) is 12.6. The Morgan fingerprint density at radius 1 is 1.24 bits per heavy atom. The summed E-state index contributed by atoms with van der Waals surface area (Å²) < 4.78 is 0. The lowest BCUT2D eigenvalue weighted by atomic mass is 10.1. The Hall–Kier alpha value is -1.59. The number of benzene rings is 1. The maximum atomic E-state index is 11.7. The summed E-state index contributed by atoms with van der Waals surface area (Å²) >= 11 is 1.66. The molecule has 112 valence electrons. The molecule has 21 heavy (non-hydrogen) atoms. The molecule has 0 spiro atoms. The number of aromatic nitrogens is 2. The van der Waals surface area contributed by atoms with Crippen molar-refractivity contribution >= 4 is 11.8 Å². The Morgan fingerprint density at radius 3 is 2.62 bits per heavy atom. The number of thioether (sulfide) groups is 1. The second-order valence-corrected chi connectivity index (χ2v) is 6.94. The van der Waals surface area contributed by atoms with Gasteiger partial charge < -0.3 is 10.3 Å². The predicted octanol–water partition coefficient (Wildman–Crippen LogP) is 2.95. The van der Waals surface area contributed by atoms with Gasteiger partial charge in [0, 0.05) is 23.0 Å². The first kappa shape index (κ1) is 15.8. The minimum Gasteiger partial charge on any atom is -0.310 e. The zero-order chi connectivity index (χ0) is 15.3. The summed E-state index contributed by atoms with van der Waals surface area (Å²) in [6.07, 6.45) is 0. The number of rotatable bonds is 5.